The lowest BCUT2D eigenvalue weighted by atomic mass is 9.97. The molecule has 0 radical (unpaired) electrons. The second-order valence-corrected chi connectivity index (χ2v) is 7.53. The summed E-state index contributed by atoms with van der Waals surface area (Å²) in [6.07, 6.45) is 0. The maximum Gasteiger partial charge on any atom is 0.323 e. The highest BCUT2D eigenvalue weighted by molar-refractivity contribution is 7.89. The maximum absolute atomic E-state index is 13.7. The molecule has 1 amide bonds. The molecule has 0 fully saturated rings. The van der Waals surface area contributed by atoms with Gasteiger partial charge >= 0.3 is 5.97 Å². The number of esters is 1. The molecule has 0 saturated carbocycles. The normalized spacial score (nSPS) is 18.3. The Labute approximate surface area is 150 Å². The molecule has 2 aromatic rings. The van der Waals surface area contributed by atoms with Crippen LogP contribution < -0.4 is 0 Å². The summed E-state index contributed by atoms with van der Waals surface area (Å²) in [4.78, 5) is 24.9. The first-order valence-corrected chi connectivity index (χ1v) is 9.37. The molecule has 1 heterocycles. The third kappa shape index (κ3) is 3.08. The third-order valence-corrected chi connectivity index (χ3v) is 5.85. The molecule has 1 aliphatic heterocycles. The molecule has 0 spiro atoms. The maximum atomic E-state index is 13.7. The SMILES string of the molecule is CCOC(=O)C1C(=O)N(Cc2ccccc2)S(=O)(=O)c2ccc(F)cc21. The molecule has 0 aliphatic carbocycles. The summed E-state index contributed by atoms with van der Waals surface area (Å²) < 4.78 is 45.0. The van der Waals surface area contributed by atoms with Crippen molar-refractivity contribution in [3.63, 3.8) is 0 Å². The lowest BCUT2D eigenvalue weighted by Crippen LogP contribution is -2.46. The van der Waals surface area contributed by atoms with Crippen LogP contribution in [-0.4, -0.2) is 31.2 Å². The van der Waals surface area contributed by atoms with Crippen molar-refractivity contribution in [2.75, 3.05) is 6.61 Å². The predicted octanol–water partition coefficient (Wildman–Crippen LogP) is 2.20. The lowest BCUT2D eigenvalue weighted by molar-refractivity contribution is -0.150. The van der Waals surface area contributed by atoms with Crippen molar-refractivity contribution >= 4 is 21.9 Å². The monoisotopic (exact) mass is 377 g/mol. The molecule has 26 heavy (non-hydrogen) atoms. The van der Waals surface area contributed by atoms with Crippen molar-refractivity contribution in [1.29, 1.82) is 0 Å². The van der Waals surface area contributed by atoms with E-state index in [1.54, 1.807) is 37.3 Å². The standard InChI is InChI=1S/C18H16FNO5S/c1-2-25-18(22)16-14-10-13(19)8-9-15(14)26(23,24)20(17(16)21)11-12-6-4-3-5-7-12/h3-10,16H,2,11H2,1H3. The summed E-state index contributed by atoms with van der Waals surface area (Å²) >= 11 is 0. The zero-order valence-electron chi connectivity index (χ0n) is 13.9. The Morgan fingerprint density at radius 3 is 2.54 bits per heavy atom. The number of carbonyl (C=O) groups is 2. The number of ether oxygens (including phenoxy) is 1. The molecule has 0 saturated heterocycles. The number of amides is 1. The van der Waals surface area contributed by atoms with Gasteiger partial charge in [0.2, 0.25) is 0 Å². The van der Waals surface area contributed by atoms with Crippen molar-refractivity contribution in [1.82, 2.24) is 4.31 Å². The number of rotatable bonds is 4. The predicted molar refractivity (Wildman–Crippen MR) is 90.0 cm³/mol. The van der Waals surface area contributed by atoms with Gasteiger partial charge in [-0.1, -0.05) is 30.3 Å². The summed E-state index contributed by atoms with van der Waals surface area (Å²) in [5.74, 6) is -4.12. The van der Waals surface area contributed by atoms with Crippen LogP contribution in [0.3, 0.4) is 0 Å². The number of nitrogens with zero attached hydrogens (tertiary/aromatic N) is 1. The number of hydrogen-bond donors (Lipinski definition) is 0. The zero-order chi connectivity index (χ0) is 18.9. The van der Waals surface area contributed by atoms with E-state index >= 15 is 0 Å². The number of sulfonamides is 1. The first-order valence-electron chi connectivity index (χ1n) is 7.93. The second kappa shape index (κ2) is 6.87. The van der Waals surface area contributed by atoms with E-state index in [-0.39, 0.29) is 23.6 Å². The van der Waals surface area contributed by atoms with E-state index < -0.39 is 33.6 Å². The molecule has 0 bridgehead atoms. The summed E-state index contributed by atoms with van der Waals surface area (Å²) in [6.45, 7) is 1.35. The minimum Gasteiger partial charge on any atom is -0.465 e. The van der Waals surface area contributed by atoms with Gasteiger partial charge in [-0.05, 0) is 36.2 Å². The smallest absolute Gasteiger partial charge is 0.323 e. The highest BCUT2D eigenvalue weighted by Gasteiger charge is 2.47. The van der Waals surface area contributed by atoms with Gasteiger partial charge in [0.15, 0.2) is 5.92 Å². The van der Waals surface area contributed by atoms with Gasteiger partial charge in [-0.15, -0.1) is 0 Å². The fourth-order valence-electron chi connectivity index (χ4n) is 2.86. The van der Waals surface area contributed by atoms with Gasteiger partial charge in [-0.3, -0.25) is 9.59 Å². The highest BCUT2D eigenvalue weighted by atomic mass is 32.2. The molecule has 2 aromatic carbocycles. The minimum absolute atomic E-state index is 0.0126. The van der Waals surface area contributed by atoms with E-state index in [4.69, 9.17) is 4.74 Å². The molecule has 1 unspecified atom stereocenters. The molecule has 0 N–H and O–H groups in total. The Morgan fingerprint density at radius 1 is 1.19 bits per heavy atom. The third-order valence-electron chi connectivity index (χ3n) is 4.03. The van der Waals surface area contributed by atoms with E-state index in [1.807, 2.05) is 0 Å². The molecule has 0 aromatic heterocycles. The Morgan fingerprint density at radius 2 is 1.88 bits per heavy atom. The van der Waals surface area contributed by atoms with E-state index in [1.165, 1.54) is 0 Å². The molecular weight excluding hydrogens is 361 g/mol. The molecular formula is C18H16FNO5S. The minimum atomic E-state index is -4.22. The topological polar surface area (TPSA) is 80.8 Å². The fraction of sp³-hybridized carbons (Fsp3) is 0.222. The van der Waals surface area contributed by atoms with E-state index in [9.17, 15) is 22.4 Å². The van der Waals surface area contributed by atoms with Crippen molar-refractivity contribution < 1.29 is 27.1 Å². The van der Waals surface area contributed by atoms with Crippen LogP contribution in [0.15, 0.2) is 53.4 Å². The van der Waals surface area contributed by atoms with Crippen LogP contribution in [0, 0.1) is 5.82 Å². The van der Waals surface area contributed by atoms with Crippen molar-refractivity contribution in [2.45, 2.75) is 24.3 Å². The molecule has 8 heteroatoms. The zero-order valence-corrected chi connectivity index (χ0v) is 14.7. The average molecular weight is 377 g/mol. The molecule has 1 aliphatic rings. The van der Waals surface area contributed by atoms with E-state index in [0.717, 1.165) is 18.2 Å². The summed E-state index contributed by atoms with van der Waals surface area (Å²) in [6, 6.07) is 11.5. The van der Waals surface area contributed by atoms with Crippen LogP contribution in [0.2, 0.25) is 0 Å². The average Bonchev–Trinajstić information content (AvgIpc) is 2.59. The van der Waals surface area contributed by atoms with Gasteiger partial charge in [0.25, 0.3) is 15.9 Å². The lowest BCUT2D eigenvalue weighted by Gasteiger charge is -2.32. The van der Waals surface area contributed by atoms with Gasteiger partial charge < -0.3 is 4.74 Å². The summed E-state index contributed by atoms with van der Waals surface area (Å²) in [5, 5.41) is 0. The first kappa shape index (κ1) is 18.1. The van der Waals surface area contributed by atoms with Crippen molar-refractivity contribution in [3.05, 3.63) is 65.5 Å². The van der Waals surface area contributed by atoms with Crippen molar-refractivity contribution in [2.24, 2.45) is 0 Å². The summed E-state index contributed by atoms with van der Waals surface area (Å²) in [5.41, 5.74) is 0.385. The van der Waals surface area contributed by atoms with E-state index in [2.05, 4.69) is 0 Å². The first-order chi connectivity index (χ1) is 12.4. The quantitative estimate of drug-likeness (QED) is 0.603. The Balaban J connectivity index is 2.14. The van der Waals surface area contributed by atoms with Gasteiger partial charge in [-0.2, -0.15) is 0 Å². The van der Waals surface area contributed by atoms with Gasteiger partial charge in [-0.25, -0.2) is 17.1 Å². The Kier molecular flexibility index (Phi) is 4.78. The van der Waals surface area contributed by atoms with Crippen molar-refractivity contribution in [3.8, 4) is 0 Å². The largest absolute Gasteiger partial charge is 0.465 e. The fourth-order valence-corrected chi connectivity index (χ4v) is 4.47. The highest BCUT2D eigenvalue weighted by Crippen LogP contribution is 2.36. The number of fused-ring (bicyclic) bond motifs is 1. The number of hydrogen-bond acceptors (Lipinski definition) is 5. The Hall–Kier alpha value is -2.74. The number of halogens is 1. The molecule has 6 nitrogen and oxygen atoms in total. The molecule has 3 rings (SSSR count). The van der Waals surface area contributed by atoms with Crippen LogP contribution in [0.25, 0.3) is 0 Å². The van der Waals surface area contributed by atoms with Crippen LogP contribution in [0.1, 0.15) is 24.0 Å². The summed E-state index contributed by atoms with van der Waals surface area (Å²) in [7, 11) is -4.22. The van der Waals surface area contributed by atoms with Crippen LogP contribution >= 0.6 is 0 Å². The Bertz CT molecular complexity index is 959. The van der Waals surface area contributed by atoms with Crippen LogP contribution in [0.5, 0.6) is 0 Å². The number of benzene rings is 2. The van der Waals surface area contributed by atoms with E-state index in [0.29, 0.717) is 9.87 Å². The second-order valence-electron chi connectivity index (χ2n) is 5.70. The van der Waals surface area contributed by atoms with Crippen LogP contribution in [0.4, 0.5) is 4.39 Å². The molecule has 136 valence electrons. The number of carbonyl (C=O) groups excluding carboxylic acids is 2. The molecule has 1 atom stereocenters. The van der Waals surface area contributed by atoms with Gasteiger partial charge in [0.05, 0.1) is 18.0 Å². The van der Waals surface area contributed by atoms with Gasteiger partial charge in [0, 0.05) is 0 Å². The van der Waals surface area contributed by atoms with Crippen LogP contribution in [-0.2, 0) is 30.9 Å². The van der Waals surface area contributed by atoms with Gasteiger partial charge in [0.1, 0.15) is 5.82 Å².